The van der Waals surface area contributed by atoms with Crippen molar-refractivity contribution in [1.82, 2.24) is 15.5 Å². The molecule has 3 N–H and O–H groups in total. The van der Waals surface area contributed by atoms with Gasteiger partial charge in [0.1, 0.15) is 5.76 Å². The number of carbonyl (C=O) groups excluding carboxylic acids is 1. The van der Waals surface area contributed by atoms with Crippen molar-refractivity contribution in [3.63, 3.8) is 0 Å². The average molecular weight is 321 g/mol. The first-order valence-electron chi connectivity index (χ1n) is 8.70. The fourth-order valence-electron chi connectivity index (χ4n) is 3.42. The van der Waals surface area contributed by atoms with E-state index in [0.717, 1.165) is 31.7 Å². The molecule has 0 spiro atoms. The van der Waals surface area contributed by atoms with Crippen LogP contribution in [0.25, 0.3) is 0 Å². The molecule has 2 fully saturated rings. The van der Waals surface area contributed by atoms with Crippen molar-refractivity contribution in [1.29, 1.82) is 0 Å². The minimum atomic E-state index is -0.147. The van der Waals surface area contributed by atoms with Gasteiger partial charge in [-0.1, -0.05) is 0 Å². The summed E-state index contributed by atoms with van der Waals surface area (Å²) < 4.78 is 5.56. The molecule has 3 rings (SSSR count). The summed E-state index contributed by atoms with van der Waals surface area (Å²) in [4.78, 5) is 14.6. The zero-order chi connectivity index (χ0) is 16.1. The van der Waals surface area contributed by atoms with Crippen molar-refractivity contribution in [2.75, 3.05) is 26.2 Å². The van der Waals surface area contributed by atoms with Gasteiger partial charge in [0.05, 0.1) is 12.3 Å². The van der Waals surface area contributed by atoms with Gasteiger partial charge in [-0.25, -0.2) is 4.79 Å². The lowest BCUT2D eigenvalue weighted by Gasteiger charge is -2.26. The van der Waals surface area contributed by atoms with Gasteiger partial charge in [-0.15, -0.1) is 0 Å². The maximum atomic E-state index is 12.2. The third kappa shape index (κ3) is 4.48. The highest BCUT2D eigenvalue weighted by atomic mass is 16.3. The quantitative estimate of drug-likeness (QED) is 0.683. The fraction of sp³-hybridized carbons (Fsp3) is 0.706. The highest BCUT2D eigenvalue weighted by Gasteiger charge is 2.32. The molecule has 6 nitrogen and oxygen atoms in total. The molecule has 128 valence electrons. The minimum absolute atomic E-state index is 0.0915. The number of likely N-dealkylation sites (tertiary alicyclic amines) is 1. The van der Waals surface area contributed by atoms with Gasteiger partial charge in [0, 0.05) is 19.2 Å². The Kier molecular flexibility index (Phi) is 5.56. The molecule has 6 heteroatoms. The Morgan fingerprint density at radius 1 is 1.39 bits per heavy atom. The van der Waals surface area contributed by atoms with Crippen molar-refractivity contribution < 1.29 is 14.3 Å². The number of nitrogens with zero attached hydrogens (tertiary/aromatic N) is 1. The lowest BCUT2D eigenvalue weighted by molar-refractivity contribution is 0.199. The Morgan fingerprint density at radius 2 is 2.17 bits per heavy atom. The number of hydrogen-bond donors (Lipinski definition) is 3. The molecule has 1 aromatic rings. The summed E-state index contributed by atoms with van der Waals surface area (Å²) in [5.41, 5.74) is 0. The van der Waals surface area contributed by atoms with Crippen LogP contribution in [0.5, 0.6) is 0 Å². The fourth-order valence-corrected chi connectivity index (χ4v) is 3.42. The molecule has 0 aromatic carbocycles. The molecule has 1 aromatic heterocycles. The number of carbonyl (C=O) groups is 1. The van der Waals surface area contributed by atoms with Gasteiger partial charge in [0.25, 0.3) is 0 Å². The second-order valence-corrected chi connectivity index (χ2v) is 6.58. The Labute approximate surface area is 137 Å². The van der Waals surface area contributed by atoms with E-state index in [1.165, 1.54) is 12.8 Å². The van der Waals surface area contributed by atoms with E-state index in [2.05, 4.69) is 15.5 Å². The molecule has 2 amide bonds. The zero-order valence-electron chi connectivity index (χ0n) is 13.5. The van der Waals surface area contributed by atoms with Crippen molar-refractivity contribution >= 4 is 6.03 Å². The zero-order valence-corrected chi connectivity index (χ0v) is 13.5. The Bertz CT molecular complexity index is 481. The number of furan rings is 1. The van der Waals surface area contributed by atoms with Crippen LogP contribution in [0.1, 0.15) is 43.9 Å². The van der Waals surface area contributed by atoms with E-state index in [9.17, 15) is 4.79 Å². The third-order valence-electron chi connectivity index (χ3n) is 4.86. The number of amides is 2. The number of urea groups is 1. The lowest BCUT2D eigenvalue weighted by atomic mass is 10.1. The van der Waals surface area contributed by atoms with Crippen molar-refractivity contribution in [3.8, 4) is 0 Å². The van der Waals surface area contributed by atoms with Crippen LogP contribution in [-0.4, -0.2) is 48.3 Å². The minimum Gasteiger partial charge on any atom is -0.468 e. The van der Waals surface area contributed by atoms with Crippen molar-refractivity contribution in [2.24, 2.45) is 5.92 Å². The summed E-state index contributed by atoms with van der Waals surface area (Å²) in [6, 6.07) is 3.90. The smallest absolute Gasteiger partial charge is 0.315 e. The van der Waals surface area contributed by atoms with Gasteiger partial charge >= 0.3 is 6.03 Å². The summed E-state index contributed by atoms with van der Waals surface area (Å²) in [5, 5.41) is 15.1. The SMILES string of the molecule is O=C(NC[C@@H](c1ccco1)N1CCCC1)N[C@H](CCO)C1CC1. The van der Waals surface area contributed by atoms with Gasteiger partial charge in [0.15, 0.2) is 0 Å². The first-order chi connectivity index (χ1) is 11.3. The first kappa shape index (κ1) is 16.3. The maximum absolute atomic E-state index is 12.2. The highest BCUT2D eigenvalue weighted by molar-refractivity contribution is 5.74. The van der Waals surface area contributed by atoms with Gasteiger partial charge in [0.2, 0.25) is 0 Å². The first-order valence-corrected chi connectivity index (χ1v) is 8.70. The van der Waals surface area contributed by atoms with E-state index in [0.29, 0.717) is 18.9 Å². The predicted molar refractivity (Wildman–Crippen MR) is 87.0 cm³/mol. The van der Waals surface area contributed by atoms with Crippen LogP contribution in [0.15, 0.2) is 22.8 Å². The van der Waals surface area contributed by atoms with Gasteiger partial charge < -0.3 is 20.2 Å². The van der Waals surface area contributed by atoms with E-state index < -0.39 is 0 Å². The summed E-state index contributed by atoms with van der Waals surface area (Å²) in [6.45, 7) is 2.74. The molecule has 1 saturated carbocycles. The summed E-state index contributed by atoms with van der Waals surface area (Å²) in [7, 11) is 0. The van der Waals surface area contributed by atoms with Gasteiger partial charge in [-0.05, 0) is 63.2 Å². The second-order valence-electron chi connectivity index (χ2n) is 6.58. The molecular weight excluding hydrogens is 294 g/mol. The lowest BCUT2D eigenvalue weighted by Crippen LogP contribution is -2.46. The molecule has 1 saturated heterocycles. The van der Waals surface area contributed by atoms with E-state index in [1.807, 2.05) is 12.1 Å². The number of nitrogens with one attached hydrogen (secondary N) is 2. The van der Waals surface area contributed by atoms with E-state index in [1.54, 1.807) is 6.26 Å². The molecule has 1 aliphatic carbocycles. The van der Waals surface area contributed by atoms with Gasteiger partial charge in [-0.2, -0.15) is 0 Å². The molecule has 2 heterocycles. The molecule has 23 heavy (non-hydrogen) atoms. The largest absolute Gasteiger partial charge is 0.468 e. The standard InChI is InChI=1S/C17H27N3O3/c21-10-7-14(13-5-6-13)19-17(22)18-12-15(16-4-3-11-23-16)20-8-1-2-9-20/h3-4,11,13-15,21H,1-2,5-10,12H2,(H2,18,19,22)/t14-,15+/m1/s1. The third-order valence-corrected chi connectivity index (χ3v) is 4.86. The van der Waals surface area contributed by atoms with Gasteiger partial charge in [-0.3, -0.25) is 4.90 Å². The van der Waals surface area contributed by atoms with Crippen LogP contribution >= 0.6 is 0 Å². The van der Waals surface area contributed by atoms with Crippen LogP contribution in [-0.2, 0) is 0 Å². The average Bonchev–Trinajstić information content (AvgIpc) is 3.02. The van der Waals surface area contributed by atoms with Crippen molar-refractivity contribution in [3.05, 3.63) is 24.2 Å². The molecule has 2 aliphatic rings. The highest BCUT2D eigenvalue weighted by Crippen LogP contribution is 2.33. The number of aliphatic hydroxyl groups is 1. The van der Waals surface area contributed by atoms with Crippen LogP contribution in [0.4, 0.5) is 4.79 Å². The maximum Gasteiger partial charge on any atom is 0.315 e. The van der Waals surface area contributed by atoms with Crippen LogP contribution in [0, 0.1) is 5.92 Å². The Hall–Kier alpha value is -1.53. The van der Waals surface area contributed by atoms with E-state index in [4.69, 9.17) is 9.52 Å². The number of rotatable bonds is 8. The molecule has 0 bridgehead atoms. The monoisotopic (exact) mass is 321 g/mol. The van der Waals surface area contributed by atoms with Crippen molar-refractivity contribution in [2.45, 2.75) is 44.2 Å². The predicted octanol–water partition coefficient (Wildman–Crippen LogP) is 1.88. The van der Waals surface area contributed by atoms with Crippen LogP contribution in [0.2, 0.25) is 0 Å². The summed E-state index contributed by atoms with van der Waals surface area (Å²) in [6.07, 6.45) is 7.00. The Balaban J connectivity index is 1.52. The number of aliphatic hydroxyl groups excluding tert-OH is 1. The van der Waals surface area contributed by atoms with Crippen LogP contribution < -0.4 is 10.6 Å². The molecule has 2 atom stereocenters. The van der Waals surface area contributed by atoms with E-state index >= 15 is 0 Å². The van der Waals surface area contributed by atoms with Crippen LogP contribution in [0.3, 0.4) is 0 Å². The second kappa shape index (κ2) is 7.84. The Morgan fingerprint density at radius 3 is 2.78 bits per heavy atom. The summed E-state index contributed by atoms with van der Waals surface area (Å²) >= 11 is 0. The summed E-state index contributed by atoms with van der Waals surface area (Å²) in [5.74, 6) is 1.44. The normalized spacial score (nSPS) is 21.1. The molecule has 0 radical (unpaired) electrons. The molecular formula is C17H27N3O3. The molecule has 0 unspecified atom stereocenters. The number of hydrogen-bond acceptors (Lipinski definition) is 4. The topological polar surface area (TPSA) is 77.7 Å². The van der Waals surface area contributed by atoms with E-state index in [-0.39, 0.29) is 24.7 Å². The molecule has 1 aliphatic heterocycles.